The highest BCUT2D eigenvalue weighted by molar-refractivity contribution is 7.00. The number of hydrogen-bond donors (Lipinski definition) is 0. The fourth-order valence-electron chi connectivity index (χ4n) is 1.15. The monoisotopic (exact) mass is 179 g/mol. The Labute approximate surface area is 74.8 Å². The molecule has 0 saturated carbocycles. The van der Waals surface area contributed by atoms with Crippen LogP contribution in [-0.2, 0) is 0 Å². The van der Waals surface area contributed by atoms with Crippen LogP contribution in [0.1, 0.15) is 25.3 Å². The number of rotatable bonds is 1. The van der Waals surface area contributed by atoms with Gasteiger partial charge in [0, 0.05) is 11.8 Å². The van der Waals surface area contributed by atoms with Crippen LogP contribution in [-0.4, -0.2) is 13.7 Å². The van der Waals surface area contributed by atoms with Crippen molar-refractivity contribution in [3.63, 3.8) is 0 Å². The first-order valence-corrected chi connectivity index (χ1v) is 4.58. The highest BCUT2D eigenvalue weighted by atomic mass is 32.1. The Balaban J connectivity index is 2.73. The van der Waals surface area contributed by atoms with Crippen LogP contribution >= 0.6 is 11.7 Å². The van der Waals surface area contributed by atoms with Gasteiger partial charge < -0.3 is 0 Å². The molecular formula is C8H9N3S. The van der Waals surface area contributed by atoms with E-state index >= 15 is 0 Å². The van der Waals surface area contributed by atoms with E-state index in [9.17, 15) is 0 Å². The van der Waals surface area contributed by atoms with Gasteiger partial charge in [0.05, 0.1) is 17.9 Å². The largest absolute Gasteiger partial charge is 0.262 e. The van der Waals surface area contributed by atoms with Gasteiger partial charge in [0.2, 0.25) is 0 Å². The number of pyridine rings is 1. The molecule has 2 aromatic heterocycles. The van der Waals surface area contributed by atoms with E-state index in [-0.39, 0.29) is 0 Å². The summed E-state index contributed by atoms with van der Waals surface area (Å²) in [5.74, 6) is 0.463. The number of aromatic nitrogens is 3. The van der Waals surface area contributed by atoms with E-state index in [2.05, 4.69) is 27.6 Å². The molecule has 2 heterocycles. The number of fused-ring (bicyclic) bond motifs is 1. The first kappa shape index (κ1) is 7.61. The third-order valence-corrected chi connectivity index (χ3v) is 2.36. The Morgan fingerprint density at radius 1 is 1.25 bits per heavy atom. The maximum atomic E-state index is 4.23. The quantitative estimate of drug-likeness (QED) is 0.673. The molecule has 2 aromatic rings. The number of hydrogen-bond acceptors (Lipinski definition) is 4. The third kappa shape index (κ3) is 1.08. The minimum atomic E-state index is 0.463. The zero-order valence-electron chi connectivity index (χ0n) is 6.98. The Morgan fingerprint density at radius 3 is 2.83 bits per heavy atom. The van der Waals surface area contributed by atoms with E-state index in [4.69, 9.17) is 0 Å². The van der Waals surface area contributed by atoms with Crippen LogP contribution in [0.4, 0.5) is 0 Å². The Morgan fingerprint density at radius 2 is 2.08 bits per heavy atom. The van der Waals surface area contributed by atoms with Gasteiger partial charge in [-0.1, -0.05) is 13.8 Å². The molecule has 2 rings (SSSR count). The molecule has 3 nitrogen and oxygen atoms in total. The molecule has 0 radical (unpaired) electrons. The van der Waals surface area contributed by atoms with Crippen molar-refractivity contribution in [3.05, 3.63) is 18.0 Å². The summed E-state index contributed by atoms with van der Waals surface area (Å²) in [6, 6.07) is 0. The number of nitrogens with zero attached hydrogens (tertiary/aromatic N) is 3. The maximum absolute atomic E-state index is 4.23. The van der Waals surface area contributed by atoms with E-state index in [0.717, 1.165) is 11.0 Å². The van der Waals surface area contributed by atoms with Crippen LogP contribution < -0.4 is 0 Å². The van der Waals surface area contributed by atoms with Crippen molar-refractivity contribution in [1.29, 1.82) is 0 Å². The summed E-state index contributed by atoms with van der Waals surface area (Å²) in [6.07, 6.45) is 3.62. The Hall–Kier alpha value is -1.03. The Kier molecular flexibility index (Phi) is 1.77. The van der Waals surface area contributed by atoms with Gasteiger partial charge in [-0.25, -0.2) is 0 Å². The molecule has 0 fully saturated rings. The van der Waals surface area contributed by atoms with E-state index in [1.54, 1.807) is 6.20 Å². The smallest absolute Gasteiger partial charge is 0.123 e. The molecule has 0 N–H and O–H groups in total. The molecule has 62 valence electrons. The van der Waals surface area contributed by atoms with Gasteiger partial charge in [0.1, 0.15) is 11.0 Å². The summed E-state index contributed by atoms with van der Waals surface area (Å²) in [7, 11) is 0. The molecule has 0 bridgehead atoms. The standard InChI is InChI=1S/C8H9N3S/c1-5(2)6-3-9-4-7-8(6)11-12-10-7/h3-5H,1-2H3. The predicted molar refractivity (Wildman–Crippen MR) is 49.3 cm³/mol. The zero-order chi connectivity index (χ0) is 8.55. The zero-order valence-corrected chi connectivity index (χ0v) is 7.80. The van der Waals surface area contributed by atoms with Crippen LogP contribution in [0.5, 0.6) is 0 Å². The van der Waals surface area contributed by atoms with Crippen molar-refractivity contribution >= 4 is 22.8 Å². The molecule has 0 aliphatic rings. The Bertz CT molecular complexity index is 394. The van der Waals surface area contributed by atoms with E-state index < -0.39 is 0 Å². The molecular weight excluding hydrogens is 170 g/mol. The molecule has 0 unspecified atom stereocenters. The fourth-order valence-corrected chi connectivity index (χ4v) is 1.70. The molecule has 0 aromatic carbocycles. The minimum absolute atomic E-state index is 0.463. The fraction of sp³-hybridized carbons (Fsp3) is 0.375. The lowest BCUT2D eigenvalue weighted by Crippen LogP contribution is -1.90. The molecule has 0 atom stereocenters. The molecule has 0 aliphatic carbocycles. The third-order valence-electron chi connectivity index (χ3n) is 1.82. The molecule has 0 amide bonds. The molecule has 12 heavy (non-hydrogen) atoms. The van der Waals surface area contributed by atoms with Crippen LogP contribution in [0.25, 0.3) is 11.0 Å². The van der Waals surface area contributed by atoms with Gasteiger partial charge in [-0.2, -0.15) is 8.75 Å². The lowest BCUT2D eigenvalue weighted by molar-refractivity contribution is 0.866. The van der Waals surface area contributed by atoms with Crippen molar-refractivity contribution in [2.24, 2.45) is 0 Å². The van der Waals surface area contributed by atoms with Gasteiger partial charge in [-0.05, 0) is 5.92 Å². The van der Waals surface area contributed by atoms with Crippen LogP contribution in [0.2, 0.25) is 0 Å². The highest BCUT2D eigenvalue weighted by Gasteiger charge is 2.07. The lowest BCUT2D eigenvalue weighted by atomic mass is 10.0. The van der Waals surface area contributed by atoms with Gasteiger partial charge in [0.25, 0.3) is 0 Å². The summed E-state index contributed by atoms with van der Waals surface area (Å²) >= 11 is 1.24. The lowest BCUT2D eigenvalue weighted by Gasteiger charge is -2.02. The van der Waals surface area contributed by atoms with Crippen molar-refractivity contribution in [3.8, 4) is 0 Å². The van der Waals surface area contributed by atoms with Crippen molar-refractivity contribution < 1.29 is 0 Å². The van der Waals surface area contributed by atoms with Crippen LogP contribution in [0, 0.1) is 0 Å². The molecule has 0 saturated heterocycles. The van der Waals surface area contributed by atoms with E-state index in [1.807, 2.05) is 6.20 Å². The second-order valence-corrected chi connectivity index (χ2v) is 3.54. The summed E-state index contributed by atoms with van der Waals surface area (Å²) in [5, 5.41) is 0. The van der Waals surface area contributed by atoms with Gasteiger partial charge in [-0.3, -0.25) is 4.98 Å². The average molecular weight is 179 g/mol. The van der Waals surface area contributed by atoms with E-state index in [1.165, 1.54) is 17.3 Å². The van der Waals surface area contributed by atoms with Gasteiger partial charge in [-0.15, -0.1) is 0 Å². The molecule has 0 aliphatic heterocycles. The van der Waals surface area contributed by atoms with E-state index in [0.29, 0.717) is 5.92 Å². The first-order valence-electron chi connectivity index (χ1n) is 3.85. The topological polar surface area (TPSA) is 38.7 Å². The summed E-state index contributed by atoms with van der Waals surface area (Å²) in [6.45, 7) is 4.27. The predicted octanol–water partition coefficient (Wildman–Crippen LogP) is 2.21. The van der Waals surface area contributed by atoms with Crippen LogP contribution in [0.15, 0.2) is 12.4 Å². The summed E-state index contributed by atoms with van der Waals surface area (Å²) < 4.78 is 8.36. The van der Waals surface area contributed by atoms with Crippen LogP contribution in [0.3, 0.4) is 0 Å². The molecule has 0 spiro atoms. The van der Waals surface area contributed by atoms with Gasteiger partial charge >= 0.3 is 0 Å². The normalized spacial score (nSPS) is 11.2. The summed E-state index contributed by atoms with van der Waals surface area (Å²) in [5.41, 5.74) is 3.09. The maximum Gasteiger partial charge on any atom is 0.123 e. The first-order chi connectivity index (χ1) is 5.79. The van der Waals surface area contributed by atoms with Crippen molar-refractivity contribution in [1.82, 2.24) is 13.7 Å². The molecule has 4 heteroatoms. The minimum Gasteiger partial charge on any atom is -0.262 e. The summed E-state index contributed by atoms with van der Waals surface area (Å²) in [4.78, 5) is 4.11. The average Bonchev–Trinajstić information content (AvgIpc) is 2.49. The SMILES string of the molecule is CC(C)c1cncc2nsnc12. The highest BCUT2D eigenvalue weighted by Crippen LogP contribution is 2.21. The van der Waals surface area contributed by atoms with Crippen molar-refractivity contribution in [2.45, 2.75) is 19.8 Å². The second-order valence-electron chi connectivity index (χ2n) is 3.02. The van der Waals surface area contributed by atoms with Gasteiger partial charge in [0.15, 0.2) is 0 Å². The van der Waals surface area contributed by atoms with Crippen molar-refractivity contribution in [2.75, 3.05) is 0 Å². The second kappa shape index (κ2) is 2.79.